The fraction of sp³-hybridized carbons (Fsp3) is 0.680. The van der Waals surface area contributed by atoms with E-state index < -0.39 is 5.54 Å². The van der Waals surface area contributed by atoms with Crippen LogP contribution in [0.25, 0.3) is 0 Å². The van der Waals surface area contributed by atoms with E-state index in [1.807, 2.05) is 4.90 Å². The highest BCUT2D eigenvalue weighted by Crippen LogP contribution is 2.39. The summed E-state index contributed by atoms with van der Waals surface area (Å²) in [6.45, 7) is 3.01. The summed E-state index contributed by atoms with van der Waals surface area (Å²) in [6.07, 6.45) is 10.3. The van der Waals surface area contributed by atoms with E-state index in [4.69, 9.17) is 9.47 Å². The number of hydrogen-bond acceptors (Lipinski definition) is 5. The summed E-state index contributed by atoms with van der Waals surface area (Å²) in [4.78, 5) is 30.5. The highest BCUT2D eigenvalue weighted by atomic mass is 16.5. The Kier molecular flexibility index (Phi) is 7.23. The maximum absolute atomic E-state index is 13.7. The molecule has 1 saturated carbocycles. The summed E-state index contributed by atoms with van der Waals surface area (Å²) >= 11 is 0. The number of carbonyl (C=O) groups excluding carboxylic acids is 2. The molecule has 2 atom stereocenters. The Morgan fingerprint density at radius 1 is 1.06 bits per heavy atom. The van der Waals surface area contributed by atoms with Gasteiger partial charge in [0.25, 0.3) is 0 Å². The Morgan fingerprint density at radius 3 is 2.41 bits per heavy atom. The predicted octanol–water partition coefficient (Wildman–Crippen LogP) is 3.68. The first-order valence-corrected chi connectivity index (χ1v) is 12.1. The Bertz CT molecular complexity index is 784. The molecule has 0 radical (unpaired) electrons. The number of nitrogens with zero attached hydrogens (tertiary/aromatic N) is 2. The van der Waals surface area contributed by atoms with Crippen LogP contribution in [0.3, 0.4) is 0 Å². The lowest BCUT2D eigenvalue weighted by molar-refractivity contribution is -0.138. The molecule has 2 saturated heterocycles. The summed E-state index contributed by atoms with van der Waals surface area (Å²) in [5.74, 6) is 1.57. The number of piperidine rings is 2. The number of nitrogens with one attached hydrogen (secondary N) is 1. The van der Waals surface area contributed by atoms with Crippen molar-refractivity contribution in [2.45, 2.75) is 69.4 Å². The average Bonchev–Trinajstić information content (AvgIpc) is 3.33. The van der Waals surface area contributed by atoms with Crippen LogP contribution < -0.4 is 14.8 Å². The molecule has 7 nitrogen and oxygen atoms in total. The molecule has 0 aromatic heterocycles. The van der Waals surface area contributed by atoms with Crippen LogP contribution in [0.1, 0.15) is 57.8 Å². The quantitative estimate of drug-likeness (QED) is 0.621. The number of hydrogen-bond donors (Lipinski definition) is 1. The first-order valence-electron chi connectivity index (χ1n) is 12.1. The molecule has 0 spiro atoms. The number of ether oxygens (including phenoxy) is 2. The van der Waals surface area contributed by atoms with Gasteiger partial charge in [-0.25, -0.2) is 0 Å². The predicted molar refractivity (Wildman–Crippen MR) is 124 cm³/mol. The van der Waals surface area contributed by atoms with Gasteiger partial charge in [0.15, 0.2) is 0 Å². The van der Waals surface area contributed by atoms with Crippen LogP contribution in [-0.2, 0) is 9.59 Å². The number of methoxy groups -OCH3 is 2. The van der Waals surface area contributed by atoms with Crippen molar-refractivity contribution in [1.82, 2.24) is 9.80 Å². The Morgan fingerprint density at radius 2 is 1.75 bits per heavy atom. The van der Waals surface area contributed by atoms with Crippen molar-refractivity contribution in [1.29, 1.82) is 0 Å². The van der Waals surface area contributed by atoms with Crippen molar-refractivity contribution in [2.24, 2.45) is 5.92 Å². The van der Waals surface area contributed by atoms with Crippen molar-refractivity contribution in [3.8, 4) is 11.5 Å². The first-order chi connectivity index (χ1) is 15.6. The molecule has 3 aliphatic rings. The smallest absolute Gasteiger partial charge is 0.250 e. The van der Waals surface area contributed by atoms with Crippen molar-refractivity contribution < 1.29 is 19.1 Å². The summed E-state index contributed by atoms with van der Waals surface area (Å²) < 4.78 is 10.7. The minimum absolute atomic E-state index is 0.103. The van der Waals surface area contributed by atoms with Gasteiger partial charge in [-0.05, 0) is 57.5 Å². The van der Waals surface area contributed by atoms with Crippen molar-refractivity contribution in [2.75, 3.05) is 39.2 Å². The van der Waals surface area contributed by atoms with Crippen molar-refractivity contribution >= 4 is 18.0 Å². The molecule has 0 bridgehead atoms. The molecule has 2 heterocycles. The zero-order chi connectivity index (χ0) is 22.6. The van der Waals surface area contributed by atoms with Crippen LogP contribution >= 0.6 is 0 Å². The fourth-order valence-corrected chi connectivity index (χ4v) is 6.09. The number of amides is 2. The zero-order valence-corrected chi connectivity index (χ0v) is 19.5. The molecule has 1 aromatic carbocycles. The Balaban J connectivity index is 1.54. The molecule has 4 rings (SSSR count). The van der Waals surface area contributed by atoms with Gasteiger partial charge in [-0.15, -0.1) is 0 Å². The van der Waals surface area contributed by atoms with E-state index in [-0.39, 0.29) is 5.91 Å². The van der Waals surface area contributed by atoms with Gasteiger partial charge >= 0.3 is 0 Å². The normalized spacial score (nSPS) is 24.9. The fourth-order valence-electron chi connectivity index (χ4n) is 6.09. The van der Waals surface area contributed by atoms with Gasteiger partial charge in [-0.3, -0.25) is 9.59 Å². The number of benzene rings is 1. The number of anilines is 1. The lowest BCUT2D eigenvalue weighted by Gasteiger charge is -2.47. The summed E-state index contributed by atoms with van der Waals surface area (Å²) in [6, 6.07) is 5.90. The largest absolute Gasteiger partial charge is 0.497 e. The van der Waals surface area contributed by atoms with Crippen LogP contribution in [0.15, 0.2) is 18.2 Å². The van der Waals surface area contributed by atoms with Crippen LogP contribution in [0, 0.1) is 5.92 Å². The molecule has 2 aliphatic heterocycles. The minimum Gasteiger partial charge on any atom is -0.497 e. The number of fused-ring (bicyclic) bond motifs is 1. The second-order valence-corrected chi connectivity index (χ2v) is 9.55. The van der Waals surface area contributed by atoms with E-state index in [1.165, 1.54) is 38.8 Å². The SMILES string of the molecule is COc1cc(NC(=O)C2(N(C=O)C[C@@H]3CCCN4CCCC[C@@H]34)CCCC2)cc(OC)c1. The lowest BCUT2D eigenvalue weighted by atomic mass is 9.82. The first kappa shape index (κ1) is 22.9. The van der Waals surface area contributed by atoms with Gasteiger partial charge in [-0.1, -0.05) is 19.3 Å². The van der Waals surface area contributed by atoms with Crippen molar-refractivity contribution in [3.63, 3.8) is 0 Å². The molecule has 7 heteroatoms. The molecule has 3 fully saturated rings. The van der Waals surface area contributed by atoms with Crippen LogP contribution in [0.4, 0.5) is 5.69 Å². The molecule has 1 N–H and O–H groups in total. The maximum atomic E-state index is 13.7. The van der Waals surface area contributed by atoms with Gasteiger partial charge in [0.2, 0.25) is 12.3 Å². The molecule has 1 aromatic rings. The molecule has 176 valence electrons. The van der Waals surface area contributed by atoms with Gasteiger partial charge in [-0.2, -0.15) is 0 Å². The third-order valence-corrected chi connectivity index (χ3v) is 7.80. The van der Waals surface area contributed by atoms with E-state index >= 15 is 0 Å². The summed E-state index contributed by atoms with van der Waals surface area (Å²) in [5, 5.41) is 3.07. The zero-order valence-electron chi connectivity index (χ0n) is 19.5. The second kappa shape index (κ2) is 10.1. The second-order valence-electron chi connectivity index (χ2n) is 9.55. The lowest BCUT2D eigenvalue weighted by Crippen LogP contribution is -2.58. The summed E-state index contributed by atoms with van der Waals surface area (Å²) in [5.41, 5.74) is -0.158. The molecule has 0 unspecified atom stereocenters. The summed E-state index contributed by atoms with van der Waals surface area (Å²) in [7, 11) is 3.18. The molecule has 2 amide bonds. The van der Waals surface area contributed by atoms with Crippen LogP contribution in [0.2, 0.25) is 0 Å². The third kappa shape index (κ3) is 4.58. The highest BCUT2D eigenvalue weighted by molar-refractivity contribution is 5.99. The molecule has 1 aliphatic carbocycles. The van der Waals surface area contributed by atoms with Gasteiger partial charge in [0.05, 0.1) is 14.2 Å². The van der Waals surface area contributed by atoms with E-state index in [2.05, 4.69) is 10.2 Å². The molecular formula is C25H37N3O4. The Labute approximate surface area is 191 Å². The standard InChI is InChI=1S/C25H37N3O4/c1-31-21-14-20(15-22(16-21)32-2)26-24(30)25(10-4-5-11-25)28(18-29)17-19-8-7-13-27-12-6-3-9-23(19)27/h14-16,18-19,23H,3-13,17H2,1-2H3,(H,26,30)/t19-,23-/m0/s1. The Hall–Kier alpha value is -2.28. The molecule has 32 heavy (non-hydrogen) atoms. The van der Waals surface area contributed by atoms with Crippen molar-refractivity contribution in [3.05, 3.63) is 18.2 Å². The topological polar surface area (TPSA) is 71.1 Å². The van der Waals surface area contributed by atoms with Gasteiger partial charge in [0.1, 0.15) is 17.0 Å². The highest BCUT2D eigenvalue weighted by Gasteiger charge is 2.47. The van der Waals surface area contributed by atoms with Crippen LogP contribution in [-0.4, -0.2) is 67.6 Å². The third-order valence-electron chi connectivity index (χ3n) is 7.80. The number of rotatable bonds is 8. The minimum atomic E-state index is -0.783. The molecular weight excluding hydrogens is 406 g/mol. The maximum Gasteiger partial charge on any atom is 0.250 e. The average molecular weight is 444 g/mol. The van der Waals surface area contributed by atoms with E-state index in [9.17, 15) is 9.59 Å². The van der Waals surface area contributed by atoms with E-state index in [0.717, 1.165) is 25.7 Å². The van der Waals surface area contributed by atoms with Crippen LogP contribution in [0.5, 0.6) is 11.5 Å². The van der Waals surface area contributed by atoms with Gasteiger partial charge < -0.3 is 24.6 Å². The van der Waals surface area contributed by atoms with E-state index in [0.29, 0.717) is 48.5 Å². The number of carbonyl (C=O) groups is 2. The monoisotopic (exact) mass is 443 g/mol. The van der Waals surface area contributed by atoms with E-state index in [1.54, 1.807) is 32.4 Å². The van der Waals surface area contributed by atoms with Gasteiger partial charge in [0, 0.05) is 36.5 Å².